The van der Waals surface area contributed by atoms with Gasteiger partial charge in [-0.15, -0.1) is 0 Å². The topological polar surface area (TPSA) is 50.9 Å². The Hall–Kier alpha value is -2.40. The first-order chi connectivity index (χ1) is 12.7. The minimum atomic E-state index is 0.107. The molecule has 0 radical (unpaired) electrons. The number of carbonyl (C=O) groups is 1. The van der Waals surface area contributed by atoms with Gasteiger partial charge in [-0.25, -0.2) is 4.98 Å². The second-order valence-corrected chi connectivity index (χ2v) is 7.11. The van der Waals surface area contributed by atoms with Gasteiger partial charge in [0.2, 0.25) is 0 Å². The fourth-order valence-corrected chi connectivity index (χ4v) is 3.50. The predicted octanol–water partition coefficient (Wildman–Crippen LogP) is 1.36. The number of aromatic nitrogens is 1. The summed E-state index contributed by atoms with van der Waals surface area (Å²) in [6.07, 6.45) is 3.02. The molecule has 1 aromatic carbocycles. The molecule has 26 heavy (non-hydrogen) atoms. The third kappa shape index (κ3) is 4.61. The van der Waals surface area contributed by atoms with E-state index in [9.17, 15) is 4.79 Å². The van der Waals surface area contributed by atoms with E-state index in [-0.39, 0.29) is 5.91 Å². The van der Waals surface area contributed by atoms with Crippen LogP contribution in [0.5, 0.6) is 0 Å². The number of benzene rings is 1. The number of para-hydroxylation sites is 1. The Labute approximate surface area is 156 Å². The zero-order valence-corrected chi connectivity index (χ0v) is 15.8. The fraction of sp³-hybridized carbons (Fsp3) is 0.429. The molecule has 1 amide bonds. The van der Waals surface area contributed by atoms with Crippen LogP contribution in [0.15, 0.2) is 48.7 Å². The lowest BCUT2D eigenvalue weighted by Gasteiger charge is -2.28. The molecule has 2 heterocycles. The van der Waals surface area contributed by atoms with E-state index in [1.807, 2.05) is 36.5 Å². The maximum absolute atomic E-state index is 12.5. The fourth-order valence-electron chi connectivity index (χ4n) is 3.50. The number of piperazine rings is 1. The van der Waals surface area contributed by atoms with Gasteiger partial charge in [0.05, 0.1) is 6.20 Å². The molecular formula is C21H30N4O+2. The molecule has 5 nitrogen and oxygen atoms in total. The van der Waals surface area contributed by atoms with Gasteiger partial charge in [0, 0.05) is 11.8 Å². The number of nitrogens with zero attached hydrogens (tertiary/aromatic N) is 1. The van der Waals surface area contributed by atoms with E-state index in [4.69, 9.17) is 0 Å². The molecule has 2 aromatic rings. The molecule has 3 rings (SSSR count). The molecule has 3 N–H and O–H groups in total. The predicted molar refractivity (Wildman–Crippen MR) is 105 cm³/mol. The first-order valence-electron chi connectivity index (χ1n) is 9.61. The summed E-state index contributed by atoms with van der Waals surface area (Å²) in [6.45, 7) is 8.79. The Balaban J connectivity index is 1.52. The minimum Gasteiger partial charge on any atom is -0.321 e. The number of amides is 1. The molecule has 138 valence electrons. The smallest absolute Gasteiger partial charge is 0.279 e. The first-order valence-corrected chi connectivity index (χ1v) is 9.61. The van der Waals surface area contributed by atoms with Gasteiger partial charge in [-0.05, 0) is 30.0 Å². The largest absolute Gasteiger partial charge is 0.321 e. The molecule has 0 saturated carbocycles. The molecule has 0 spiro atoms. The summed E-state index contributed by atoms with van der Waals surface area (Å²) in [5.41, 5.74) is 2.19. The highest BCUT2D eigenvalue weighted by Gasteiger charge is 2.27. The maximum Gasteiger partial charge on any atom is 0.279 e. The van der Waals surface area contributed by atoms with Crippen LogP contribution in [0, 0.1) is 0 Å². The van der Waals surface area contributed by atoms with Crippen molar-refractivity contribution in [2.45, 2.75) is 26.2 Å². The van der Waals surface area contributed by atoms with Crippen molar-refractivity contribution in [3.63, 3.8) is 0 Å². The Kier molecular flexibility index (Phi) is 6.23. The van der Waals surface area contributed by atoms with Crippen molar-refractivity contribution in [1.82, 2.24) is 0 Å². The van der Waals surface area contributed by atoms with Gasteiger partial charge in [0.15, 0.2) is 6.54 Å². The molecule has 1 atom stereocenters. The van der Waals surface area contributed by atoms with Gasteiger partial charge in [0.1, 0.15) is 26.2 Å². The molecule has 1 aliphatic heterocycles. The van der Waals surface area contributed by atoms with Crippen LogP contribution in [-0.2, 0) is 4.79 Å². The summed E-state index contributed by atoms with van der Waals surface area (Å²) in [7, 11) is 0. The second kappa shape index (κ2) is 8.81. The molecule has 0 bridgehead atoms. The van der Waals surface area contributed by atoms with E-state index in [1.165, 1.54) is 10.5 Å². The van der Waals surface area contributed by atoms with Gasteiger partial charge in [-0.2, -0.15) is 0 Å². The van der Waals surface area contributed by atoms with Crippen molar-refractivity contribution in [1.29, 1.82) is 0 Å². The average molecular weight is 354 g/mol. The number of aromatic amines is 1. The standard InChI is InChI=1S/C21H28N4O/c1-3-17(2)18-8-4-5-9-19(18)23-21(26)16-24-12-14-25(15-13-24)20-10-6-7-11-22-20/h4-11,17H,3,12-16H2,1-2H3,(H,23,26)/p+2/t17-/m1/s1. The molecule has 1 fully saturated rings. The molecule has 5 heteroatoms. The monoisotopic (exact) mass is 354 g/mol. The lowest BCUT2D eigenvalue weighted by Crippen LogP contribution is -3.15. The number of nitrogens with one attached hydrogen (secondary N) is 3. The van der Waals surface area contributed by atoms with E-state index in [1.54, 1.807) is 0 Å². The van der Waals surface area contributed by atoms with Crippen LogP contribution in [-0.4, -0.2) is 38.6 Å². The summed E-state index contributed by atoms with van der Waals surface area (Å²) in [6, 6.07) is 14.3. The van der Waals surface area contributed by atoms with Crippen molar-refractivity contribution in [2.75, 3.05) is 42.9 Å². The van der Waals surface area contributed by atoms with Crippen LogP contribution in [0.2, 0.25) is 0 Å². The molecule has 0 unspecified atom stereocenters. The molecule has 1 aliphatic rings. The maximum atomic E-state index is 12.5. The van der Waals surface area contributed by atoms with E-state index >= 15 is 0 Å². The van der Waals surface area contributed by atoms with Crippen LogP contribution in [0.1, 0.15) is 31.7 Å². The molecule has 1 saturated heterocycles. The number of carbonyl (C=O) groups excluding carboxylic acids is 1. The number of rotatable bonds is 6. The van der Waals surface area contributed by atoms with Crippen LogP contribution in [0.25, 0.3) is 0 Å². The zero-order chi connectivity index (χ0) is 18.4. The van der Waals surface area contributed by atoms with Crippen LogP contribution in [0.4, 0.5) is 11.5 Å². The Bertz CT molecular complexity index is 711. The van der Waals surface area contributed by atoms with Crippen molar-refractivity contribution >= 4 is 17.4 Å². The molecule has 1 aromatic heterocycles. The van der Waals surface area contributed by atoms with E-state index < -0.39 is 0 Å². The van der Waals surface area contributed by atoms with Gasteiger partial charge < -0.3 is 10.2 Å². The second-order valence-electron chi connectivity index (χ2n) is 7.11. The number of quaternary nitrogens is 1. The number of anilines is 2. The Morgan fingerprint density at radius 2 is 1.92 bits per heavy atom. The summed E-state index contributed by atoms with van der Waals surface area (Å²) in [5.74, 6) is 1.71. The van der Waals surface area contributed by atoms with Crippen molar-refractivity contribution in [3.05, 3.63) is 54.2 Å². The van der Waals surface area contributed by atoms with Crippen LogP contribution in [0.3, 0.4) is 0 Å². The summed E-state index contributed by atoms with van der Waals surface area (Å²) >= 11 is 0. The van der Waals surface area contributed by atoms with Crippen LogP contribution >= 0.6 is 0 Å². The van der Waals surface area contributed by atoms with E-state index in [0.29, 0.717) is 12.5 Å². The van der Waals surface area contributed by atoms with Crippen molar-refractivity contribution in [2.24, 2.45) is 0 Å². The summed E-state index contributed by atoms with van der Waals surface area (Å²) < 4.78 is 0. The number of H-pyrrole nitrogens is 1. The Morgan fingerprint density at radius 3 is 2.62 bits per heavy atom. The van der Waals surface area contributed by atoms with Crippen molar-refractivity contribution in [3.8, 4) is 0 Å². The highest BCUT2D eigenvalue weighted by atomic mass is 16.2. The minimum absolute atomic E-state index is 0.107. The van der Waals surface area contributed by atoms with Gasteiger partial charge in [-0.1, -0.05) is 38.1 Å². The summed E-state index contributed by atoms with van der Waals surface area (Å²) in [5, 5.41) is 3.14. The first kappa shape index (κ1) is 18.4. The van der Waals surface area contributed by atoms with Gasteiger partial charge in [0.25, 0.3) is 11.7 Å². The number of pyridine rings is 1. The zero-order valence-electron chi connectivity index (χ0n) is 15.8. The highest BCUT2D eigenvalue weighted by molar-refractivity contribution is 5.92. The lowest BCUT2D eigenvalue weighted by molar-refractivity contribution is -0.892. The average Bonchev–Trinajstić information content (AvgIpc) is 2.69. The highest BCUT2D eigenvalue weighted by Crippen LogP contribution is 2.26. The summed E-state index contributed by atoms with van der Waals surface area (Å²) in [4.78, 5) is 19.5. The van der Waals surface area contributed by atoms with Gasteiger partial charge >= 0.3 is 0 Å². The SMILES string of the molecule is CC[C@@H](C)c1ccccc1NC(=O)C[NH+]1CCN(c2cccc[nH+]2)CC1. The van der Waals surface area contributed by atoms with Crippen molar-refractivity contribution < 1.29 is 14.7 Å². The third-order valence-electron chi connectivity index (χ3n) is 5.29. The lowest BCUT2D eigenvalue weighted by atomic mass is 9.97. The Morgan fingerprint density at radius 1 is 1.19 bits per heavy atom. The molecule has 0 aliphatic carbocycles. The number of hydrogen-bond acceptors (Lipinski definition) is 2. The normalized spacial score (nSPS) is 16.3. The molecular weight excluding hydrogens is 324 g/mol. The quantitative estimate of drug-likeness (QED) is 0.823. The van der Waals surface area contributed by atoms with E-state index in [2.05, 4.69) is 41.2 Å². The van der Waals surface area contributed by atoms with E-state index in [0.717, 1.165) is 44.1 Å². The third-order valence-corrected chi connectivity index (χ3v) is 5.29. The van der Waals surface area contributed by atoms with Crippen LogP contribution < -0.4 is 20.1 Å². The van der Waals surface area contributed by atoms with Gasteiger partial charge in [-0.3, -0.25) is 9.69 Å². The number of hydrogen-bond donors (Lipinski definition) is 2.